The molecular weight excluding hydrogens is 380 g/mol. The minimum atomic E-state index is -0.0506. The molecule has 0 atom stereocenters. The van der Waals surface area contributed by atoms with Crippen LogP contribution in [0, 0.1) is 13.8 Å². The summed E-state index contributed by atoms with van der Waals surface area (Å²) in [5.74, 6) is 0. The van der Waals surface area contributed by atoms with Gasteiger partial charge in [0.05, 0.1) is 0 Å². The number of carbonyl (C=O) groups excluding carboxylic acids is 1. The monoisotopic (exact) mass is 410 g/mol. The highest BCUT2D eigenvalue weighted by Gasteiger charge is 2.21. The number of rotatable bonds is 5. The van der Waals surface area contributed by atoms with Crippen LogP contribution < -0.4 is 5.32 Å². The number of hydrogen-bond acceptors (Lipinski definition) is 3. The van der Waals surface area contributed by atoms with Gasteiger partial charge in [-0.05, 0) is 77.1 Å². The van der Waals surface area contributed by atoms with Gasteiger partial charge in [0.2, 0.25) is 0 Å². The molecule has 25 heavy (non-hydrogen) atoms. The predicted molar refractivity (Wildman–Crippen MR) is 108 cm³/mol. The molecule has 1 aliphatic heterocycles. The molecule has 0 spiro atoms. The third-order valence-electron chi connectivity index (χ3n) is 5.18. The van der Waals surface area contributed by atoms with E-state index in [1.165, 1.54) is 12.8 Å². The van der Waals surface area contributed by atoms with Gasteiger partial charge < -0.3 is 20.0 Å². The number of aryl methyl sites for hydroxylation is 2. The number of urea groups is 1. The molecule has 1 fully saturated rings. The molecule has 2 amide bonds. The number of carbonyl (C=O) groups is 1. The van der Waals surface area contributed by atoms with Gasteiger partial charge >= 0.3 is 6.03 Å². The molecule has 1 aromatic carbocycles. The van der Waals surface area contributed by atoms with Crippen LogP contribution in [0.2, 0.25) is 0 Å². The molecule has 5 nitrogen and oxygen atoms in total. The summed E-state index contributed by atoms with van der Waals surface area (Å²) in [6, 6.07) is 4.63. The number of likely N-dealkylation sites (tertiary alicyclic amines) is 1. The van der Waals surface area contributed by atoms with E-state index in [0.717, 1.165) is 47.5 Å². The minimum Gasteiger partial charge on any atom is -0.326 e. The van der Waals surface area contributed by atoms with E-state index in [2.05, 4.69) is 45.1 Å². The van der Waals surface area contributed by atoms with E-state index in [0.29, 0.717) is 6.04 Å². The van der Waals surface area contributed by atoms with Crippen molar-refractivity contribution in [2.75, 3.05) is 52.6 Å². The van der Waals surface area contributed by atoms with Crippen LogP contribution in [0.3, 0.4) is 0 Å². The summed E-state index contributed by atoms with van der Waals surface area (Å²) in [5.41, 5.74) is 3.04. The van der Waals surface area contributed by atoms with E-state index in [4.69, 9.17) is 0 Å². The molecule has 1 heterocycles. The lowest BCUT2D eigenvalue weighted by atomic mass is 10.0. The van der Waals surface area contributed by atoms with Crippen molar-refractivity contribution in [1.82, 2.24) is 14.7 Å². The lowest BCUT2D eigenvalue weighted by molar-refractivity contribution is 0.136. The van der Waals surface area contributed by atoms with E-state index >= 15 is 0 Å². The van der Waals surface area contributed by atoms with Crippen molar-refractivity contribution in [2.24, 2.45) is 0 Å². The van der Waals surface area contributed by atoms with Gasteiger partial charge in [-0.1, -0.05) is 15.9 Å². The molecule has 0 radical (unpaired) electrons. The molecule has 1 N–H and O–H groups in total. The maximum atomic E-state index is 12.5. The average Bonchev–Trinajstić information content (AvgIpc) is 2.56. The van der Waals surface area contributed by atoms with E-state index in [-0.39, 0.29) is 6.03 Å². The summed E-state index contributed by atoms with van der Waals surface area (Å²) >= 11 is 3.49. The summed E-state index contributed by atoms with van der Waals surface area (Å²) in [7, 11) is 6.21. The largest absolute Gasteiger partial charge is 0.326 e. The summed E-state index contributed by atoms with van der Waals surface area (Å²) in [5, 5.41) is 3.06. The fourth-order valence-corrected chi connectivity index (χ4v) is 4.02. The van der Waals surface area contributed by atoms with Crippen LogP contribution in [0.25, 0.3) is 0 Å². The molecule has 6 heteroatoms. The number of halogens is 1. The first-order valence-electron chi connectivity index (χ1n) is 8.95. The van der Waals surface area contributed by atoms with Gasteiger partial charge in [-0.25, -0.2) is 4.79 Å². The van der Waals surface area contributed by atoms with Crippen LogP contribution >= 0.6 is 15.9 Å². The van der Waals surface area contributed by atoms with E-state index in [1.54, 1.807) is 4.90 Å². The topological polar surface area (TPSA) is 38.8 Å². The molecule has 0 unspecified atom stereocenters. The number of hydrogen-bond donors (Lipinski definition) is 1. The Balaban J connectivity index is 1.84. The first-order chi connectivity index (χ1) is 11.8. The second kappa shape index (κ2) is 9.01. The third-order valence-corrected chi connectivity index (χ3v) is 5.63. The van der Waals surface area contributed by atoms with Gasteiger partial charge in [0.15, 0.2) is 0 Å². The Hall–Kier alpha value is -1.11. The van der Waals surface area contributed by atoms with Crippen molar-refractivity contribution in [3.05, 3.63) is 27.7 Å². The Morgan fingerprint density at radius 1 is 1.20 bits per heavy atom. The molecule has 1 saturated heterocycles. The number of nitrogens with one attached hydrogen (secondary N) is 1. The highest BCUT2D eigenvalue weighted by molar-refractivity contribution is 9.10. The zero-order chi connectivity index (χ0) is 18.6. The number of nitrogens with zero attached hydrogens (tertiary/aromatic N) is 3. The molecule has 0 aliphatic carbocycles. The van der Waals surface area contributed by atoms with Crippen LogP contribution in [0.15, 0.2) is 16.6 Å². The van der Waals surface area contributed by atoms with Gasteiger partial charge in [-0.15, -0.1) is 0 Å². The lowest BCUT2D eigenvalue weighted by Crippen LogP contribution is -2.45. The molecule has 0 saturated carbocycles. The number of benzene rings is 1. The summed E-state index contributed by atoms with van der Waals surface area (Å²) in [6.45, 7) is 7.98. The van der Waals surface area contributed by atoms with Crippen LogP contribution in [-0.2, 0) is 0 Å². The van der Waals surface area contributed by atoms with Crippen LogP contribution in [0.1, 0.15) is 24.0 Å². The molecule has 1 aromatic rings. The smallest absolute Gasteiger partial charge is 0.321 e. The zero-order valence-corrected chi connectivity index (χ0v) is 17.7. The summed E-state index contributed by atoms with van der Waals surface area (Å²) in [4.78, 5) is 19.1. The first-order valence-corrected chi connectivity index (χ1v) is 9.75. The van der Waals surface area contributed by atoms with Crippen molar-refractivity contribution in [2.45, 2.75) is 32.7 Å². The molecule has 140 valence electrons. The summed E-state index contributed by atoms with van der Waals surface area (Å²) < 4.78 is 1.04. The second-order valence-electron chi connectivity index (χ2n) is 7.28. The van der Waals surface area contributed by atoms with Crippen molar-refractivity contribution < 1.29 is 4.79 Å². The predicted octanol–water partition coefficient (Wildman–Crippen LogP) is 3.56. The van der Waals surface area contributed by atoms with E-state index in [1.807, 2.05) is 33.0 Å². The molecule has 0 bridgehead atoms. The summed E-state index contributed by atoms with van der Waals surface area (Å²) in [6.07, 6.45) is 2.42. The standard InChI is InChI=1S/C19H31BrN4O/c1-14-12-16(20)13-15(2)18(14)21-19(25)24(5)11-10-23(4)17-6-8-22(3)9-7-17/h12-13,17H,6-11H2,1-5H3,(H,21,25). The lowest BCUT2D eigenvalue weighted by Gasteiger charge is -2.35. The number of anilines is 1. The van der Waals surface area contributed by atoms with E-state index < -0.39 is 0 Å². The fourth-order valence-electron chi connectivity index (χ4n) is 3.34. The van der Waals surface area contributed by atoms with Gasteiger partial charge in [-0.2, -0.15) is 0 Å². The van der Waals surface area contributed by atoms with Crippen molar-refractivity contribution in [3.63, 3.8) is 0 Å². The number of piperidine rings is 1. The maximum absolute atomic E-state index is 12.5. The van der Waals surface area contributed by atoms with Gasteiger partial charge in [0, 0.05) is 36.3 Å². The Morgan fingerprint density at radius 2 is 1.76 bits per heavy atom. The third kappa shape index (κ3) is 5.69. The maximum Gasteiger partial charge on any atom is 0.321 e. The Bertz CT molecular complexity index is 576. The van der Waals surface area contributed by atoms with Gasteiger partial charge in [0.1, 0.15) is 0 Å². The van der Waals surface area contributed by atoms with Crippen LogP contribution in [0.4, 0.5) is 10.5 Å². The van der Waals surface area contributed by atoms with E-state index in [9.17, 15) is 4.79 Å². The second-order valence-corrected chi connectivity index (χ2v) is 8.20. The molecular formula is C19H31BrN4O. The quantitative estimate of drug-likeness (QED) is 0.806. The Labute approximate surface area is 160 Å². The molecule has 0 aromatic heterocycles. The minimum absolute atomic E-state index is 0.0506. The van der Waals surface area contributed by atoms with Crippen molar-refractivity contribution >= 4 is 27.6 Å². The Morgan fingerprint density at radius 3 is 2.32 bits per heavy atom. The van der Waals surface area contributed by atoms with Crippen LogP contribution in [-0.4, -0.2) is 74.1 Å². The average molecular weight is 411 g/mol. The zero-order valence-electron chi connectivity index (χ0n) is 16.1. The SMILES string of the molecule is Cc1cc(Br)cc(C)c1NC(=O)N(C)CCN(C)C1CCN(C)CC1. The highest BCUT2D eigenvalue weighted by atomic mass is 79.9. The highest BCUT2D eigenvalue weighted by Crippen LogP contribution is 2.25. The van der Waals surface area contributed by atoms with Gasteiger partial charge in [-0.3, -0.25) is 0 Å². The first kappa shape index (κ1) is 20.2. The number of likely N-dealkylation sites (N-methyl/N-ethyl adjacent to an activating group) is 2. The molecule has 2 rings (SSSR count). The Kier molecular flexibility index (Phi) is 7.28. The molecule has 1 aliphatic rings. The van der Waals surface area contributed by atoms with Crippen LogP contribution in [0.5, 0.6) is 0 Å². The van der Waals surface area contributed by atoms with Crippen molar-refractivity contribution in [1.29, 1.82) is 0 Å². The van der Waals surface area contributed by atoms with Gasteiger partial charge in [0.25, 0.3) is 0 Å². The number of amides is 2. The van der Waals surface area contributed by atoms with Crippen molar-refractivity contribution in [3.8, 4) is 0 Å². The normalized spacial score (nSPS) is 16.3. The fraction of sp³-hybridized carbons (Fsp3) is 0.632.